The van der Waals surface area contributed by atoms with Crippen LogP contribution in [-0.4, -0.2) is 21.4 Å². The second-order valence-corrected chi connectivity index (χ2v) is 9.71. The van der Waals surface area contributed by atoms with E-state index in [0.717, 1.165) is 41.9 Å². The Bertz CT molecular complexity index is 1310. The first kappa shape index (κ1) is 24.2. The van der Waals surface area contributed by atoms with Crippen LogP contribution in [0.15, 0.2) is 47.4 Å². The molecule has 2 heterocycles. The highest BCUT2D eigenvalue weighted by atomic mass is 32.1. The van der Waals surface area contributed by atoms with Gasteiger partial charge in [-0.2, -0.15) is 5.26 Å². The van der Waals surface area contributed by atoms with Gasteiger partial charge in [-0.1, -0.05) is 18.9 Å². The minimum atomic E-state index is -0.441. The molecule has 8 nitrogen and oxygen atoms in total. The average Bonchev–Trinajstić information content (AvgIpc) is 3.59. The maximum absolute atomic E-state index is 12.6. The molecular formula is C26H27N5O3S. The number of nitrogens with one attached hydrogen (secondary N) is 2. The van der Waals surface area contributed by atoms with Gasteiger partial charge in [0.15, 0.2) is 0 Å². The van der Waals surface area contributed by atoms with Gasteiger partial charge in [0.25, 0.3) is 11.6 Å². The van der Waals surface area contributed by atoms with Gasteiger partial charge in [-0.3, -0.25) is 14.9 Å². The molecule has 4 rings (SSSR count). The van der Waals surface area contributed by atoms with Crippen LogP contribution >= 0.6 is 11.3 Å². The quantitative estimate of drug-likeness (QED) is 0.184. The van der Waals surface area contributed by atoms with Gasteiger partial charge < -0.3 is 15.2 Å². The number of nitro groups is 1. The van der Waals surface area contributed by atoms with E-state index in [2.05, 4.69) is 10.6 Å². The molecule has 2 N–H and O–H groups in total. The summed E-state index contributed by atoms with van der Waals surface area (Å²) < 4.78 is 1.90. The van der Waals surface area contributed by atoms with E-state index < -0.39 is 5.91 Å². The van der Waals surface area contributed by atoms with Crippen molar-refractivity contribution in [3.63, 3.8) is 0 Å². The molecule has 0 unspecified atom stereocenters. The van der Waals surface area contributed by atoms with E-state index in [1.165, 1.54) is 11.3 Å². The largest absolute Gasteiger partial charge is 0.377 e. The third kappa shape index (κ3) is 5.44. The van der Waals surface area contributed by atoms with Crippen LogP contribution in [0.2, 0.25) is 0 Å². The Morgan fingerprint density at radius 1 is 1.29 bits per heavy atom. The Labute approximate surface area is 208 Å². The summed E-state index contributed by atoms with van der Waals surface area (Å²) in [7, 11) is 0. The van der Waals surface area contributed by atoms with Crippen molar-refractivity contribution in [2.75, 3.05) is 5.32 Å². The lowest BCUT2D eigenvalue weighted by atomic mass is 10.1. The van der Waals surface area contributed by atoms with Crippen molar-refractivity contribution in [3.05, 3.63) is 79.3 Å². The number of thiophene rings is 1. The SMILES string of the molecule is Cc1cc(C=C(C#N)C(=O)NCc2cccs2)c(C)n1-c1ccc(NC2CCCC2)c([N+](=O)[O-])c1. The fourth-order valence-electron chi connectivity index (χ4n) is 4.53. The standard InChI is InChI=1S/C26H27N5O3S/c1-17-12-19(13-20(15-27)26(32)28-16-23-8-5-11-35-23)18(2)30(17)22-9-10-24(25(14-22)31(33)34)29-21-6-3-4-7-21/h5,8-14,21,29H,3-4,6-7,16H2,1-2H3,(H,28,32). The number of amides is 1. The van der Waals surface area contributed by atoms with Gasteiger partial charge in [-0.25, -0.2) is 0 Å². The van der Waals surface area contributed by atoms with Gasteiger partial charge >= 0.3 is 0 Å². The van der Waals surface area contributed by atoms with Gasteiger partial charge in [-0.05, 0) is 68.0 Å². The summed E-state index contributed by atoms with van der Waals surface area (Å²) in [5.41, 5.74) is 3.56. The zero-order valence-corrected chi connectivity index (χ0v) is 20.5. The maximum Gasteiger partial charge on any atom is 0.294 e. The predicted octanol–water partition coefficient (Wildman–Crippen LogP) is 5.64. The number of nitrogens with zero attached hydrogens (tertiary/aromatic N) is 3. The number of carbonyl (C=O) groups excluding carboxylic acids is 1. The van der Waals surface area contributed by atoms with Crippen LogP contribution in [0.1, 0.15) is 47.5 Å². The monoisotopic (exact) mass is 489 g/mol. The molecule has 0 bridgehead atoms. The molecule has 9 heteroatoms. The van der Waals surface area contributed by atoms with Crippen molar-refractivity contribution in [1.29, 1.82) is 5.26 Å². The van der Waals surface area contributed by atoms with Crippen LogP contribution in [0.5, 0.6) is 0 Å². The minimum absolute atomic E-state index is 0.00361. The third-order valence-electron chi connectivity index (χ3n) is 6.29. The van der Waals surface area contributed by atoms with Gasteiger partial charge in [0.1, 0.15) is 17.3 Å². The molecule has 1 fully saturated rings. The predicted molar refractivity (Wildman–Crippen MR) is 138 cm³/mol. The number of benzene rings is 1. The molecular weight excluding hydrogens is 462 g/mol. The molecule has 3 aromatic rings. The van der Waals surface area contributed by atoms with E-state index in [1.807, 2.05) is 54.1 Å². The van der Waals surface area contributed by atoms with E-state index in [9.17, 15) is 20.2 Å². The Balaban J connectivity index is 1.61. The highest BCUT2D eigenvalue weighted by Gasteiger charge is 2.22. The lowest BCUT2D eigenvalue weighted by Crippen LogP contribution is -2.23. The van der Waals surface area contributed by atoms with Crippen LogP contribution in [0.25, 0.3) is 11.8 Å². The summed E-state index contributed by atoms with van der Waals surface area (Å²) >= 11 is 1.53. The summed E-state index contributed by atoms with van der Waals surface area (Å²) in [5.74, 6) is -0.441. The topological polar surface area (TPSA) is 113 Å². The number of nitriles is 1. The van der Waals surface area contributed by atoms with E-state index in [1.54, 1.807) is 18.2 Å². The summed E-state index contributed by atoms with van der Waals surface area (Å²) in [6, 6.07) is 13.1. The molecule has 1 aliphatic carbocycles. The minimum Gasteiger partial charge on any atom is -0.377 e. The second kappa shape index (κ2) is 10.6. The zero-order chi connectivity index (χ0) is 24.9. The molecule has 0 radical (unpaired) electrons. The van der Waals surface area contributed by atoms with Crippen LogP contribution in [0.4, 0.5) is 11.4 Å². The number of anilines is 1. The lowest BCUT2D eigenvalue weighted by Gasteiger charge is -2.15. The van der Waals surface area contributed by atoms with E-state index in [-0.39, 0.29) is 22.2 Å². The number of aryl methyl sites for hydroxylation is 1. The molecule has 0 atom stereocenters. The smallest absolute Gasteiger partial charge is 0.294 e. The number of carbonyl (C=O) groups is 1. The molecule has 35 heavy (non-hydrogen) atoms. The van der Waals surface area contributed by atoms with Gasteiger partial charge in [0.2, 0.25) is 0 Å². The van der Waals surface area contributed by atoms with Crippen molar-refractivity contribution in [1.82, 2.24) is 9.88 Å². The van der Waals surface area contributed by atoms with E-state index >= 15 is 0 Å². The number of aromatic nitrogens is 1. The number of rotatable bonds is 8. The Morgan fingerprint density at radius 3 is 2.71 bits per heavy atom. The number of nitro benzene ring substituents is 1. The fraction of sp³-hybridized carbons (Fsp3) is 0.308. The first-order valence-corrected chi connectivity index (χ1v) is 12.4. The Kier molecular flexibility index (Phi) is 7.32. The van der Waals surface area contributed by atoms with Crippen molar-refractivity contribution >= 4 is 34.7 Å². The van der Waals surface area contributed by atoms with Gasteiger partial charge in [-0.15, -0.1) is 11.3 Å². The van der Waals surface area contributed by atoms with Gasteiger partial charge in [0, 0.05) is 28.4 Å². The molecule has 0 aliphatic heterocycles. The lowest BCUT2D eigenvalue weighted by molar-refractivity contribution is -0.384. The third-order valence-corrected chi connectivity index (χ3v) is 7.17. The molecule has 1 aromatic carbocycles. The molecule has 0 saturated heterocycles. The average molecular weight is 490 g/mol. The molecule has 180 valence electrons. The van der Waals surface area contributed by atoms with Crippen LogP contribution in [0.3, 0.4) is 0 Å². The summed E-state index contributed by atoms with van der Waals surface area (Å²) in [6.45, 7) is 4.12. The molecule has 1 amide bonds. The summed E-state index contributed by atoms with van der Waals surface area (Å²) in [5, 5.41) is 29.4. The highest BCUT2D eigenvalue weighted by Crippen LogP contribution is 2.32. The van der Waals surface area contributed by atoms with Crippen LogP contribution in [-0.2, 0) is 11.3 Å². The normalized spacial score (nSPS) is 14.0. The highest BCUT2D eigenvalue weighted by molar-refractivity contribution is 7.09. The van der Waals surface area contributed by atoms with Crippen molar-refractivity contribution < 1.29 is 9.72 Å². The van der Waals surface area contributed by atoms with E-state index in [4.69, 9.17) is 0 Å². The van der Waals surface area contributed by atoms with Crippen LogP contribution < -0.4 is 10.6 Å². The number of hydrogen-bond donors (Lipinski definition) is 2. The summed E-state index contributed by atoms with van der Waals surface area (Å²) in [4.78, 5) is 25.0. The Morgan fingerprint density at radius 2 is 2.06 bits per heavy atom. The summed E-state index contributed by atoms with van der Waals surface area (Å²) in [6.07, 6.45) is 5.88. The van der Waals surface area contributed by atoms with Crippen molar-refractivity contribution in [3.8, 4) is 11.8 Å². The molecule has 1 saturated carbocycles. The first-order chi connectivity index (χ1) is 16.9. The molecule has 0 spiro atoms. The van der Waals surface area contributed by atoms with Gasteiger partial charge in [0.05, 0.1) is 17.2 Å². The first-order valence-electron chi connectivity index (χ1n) is 11.5. The molecule has 2 aromatic heterocycles. The van der Waals surface area contributed by atoms with Crippen molar-refractivity contribution in [2.24, 2.45) is 0 Å². The fourth-order valence-corrected chi connectivity index (χ4v) is 5.18. The Hall–Kier alpha value is -3.90. The zero-order valence-electron chi connectivity index (χ0n) is 19.7. The van der Waals surface area contributed by atoms with E-state index in [0.29, 0.717) is 23.5 Å². The van der Waals surface area contributed by atoms with Crippen LogP contribution in [0, 0.1) is 35.3 Å². The van der Waals surface area contributed by atoms with Crippen molar-refractivity contribution in [2.45, 2.75) is 52.1 Å². The second-order valence-electron chi connectivity index (χ2n) is 8.68. The maximum atomic E-state index is 12.6. The molecule has 1 aliphatic rings. The number of hydrogen-bond acceptors (Lipinski definition) is 6.